The fraction of sp³-hybridized carbons (Fsp3) is 0.100. The third-order valence-corrected chi connectivity index (χ3v) is 3.78. The fourth-order valence-electron chi connectivity index (χ4n) is 2.46. The largest absolute Gasteiger partial charge is 0.380 e. The number of fused-ring (bicyclic) bond motifs is 1. The first-order valence-electron chi connectivity index (χ1n) is 7.82. The van der Waals surface area contributed by atoms with Crippen LogP contribution in [0.2, 0.25) is 0 Å². The summed E-state index contributed by atoms with van der Waals surface area (Å²) < 4.78 is 0. The van der Waals surface area contributed by atoms with Gasteiger partial charge in [-0.1, -0.05) is 30.3 Å². The van der Waals surface area contributed by atoms with Gasteiger partial charge in [-0.15, -0.1) is 0 Å². The van der Waals surface area contributed by atoms with E-state index in [9.17, 15) is 4.79 Å². The maximum Gasteiger partial charge on any atom is 0.243 e. The van der Waals surface area contributed by atoms with E-state index in [4.69, 9.17) is 0 Å². The number of rotatable bonds is 5. The van der Waals surface area contributed by atoms with Gasteiger partial charge in [-0.2, -0.15) is 0 Å². The lowest BCUT2D eigenvalue weighted by molar-refractivity contribution is -0.115. The van der Waals surface area contributed by atoms with Crippen molar-refractivity contribution in [1.29, 1.82) is 0 Å². The van der Waals surface area contributed by atoms with E-state index in [2.05, 4.69) is 39.9 Å². The van der Waals surface area contributed by atoms with Crippen molar-refractivity contribution < 1.29 is 4.79 Å². The molecular weight excluding hydrogens is 298 g/mol. The monoisotopic (exact) mass is 317 g/mol. The summed E-state index contributed by atoms with van der Waals surface area (Å²) in [5.41, 5.74) is 4.23. The Kier molecular flexibility index (Phi) is 4.87. The zero-order valence-corrected chi connectivity index (χ0v) is 13.5. The van der Waals surface area contributed by atoms with E-state index in [1.165, 1.54) is 11.6 Å². The Labute approximate surface area is 141 Å². The van der Waals surface area contributed by atoms with Gasteiger partial charge < -0.3 is 10.6 Å². The molecule has 2 N–H and O–H groups in total. The number of hydrogen-bond donors (Lipinski definition) is 2. The Bertz CT molecular complexity index is 864. The van der Waals surface area contributed by atoms with Gasteiger partial charge in [0.05, 0.1) is 5.52 Å². The Balaban J connectivity index is 1.68. The molecule has 0 radical (unpaired) electrons. The summed E-state index contributed by atoms with van der Waals surface area (Å²) in [6, 6.07) is 18.2. The van der Waals surface area contributed by atoms with Crippen molar-refractivity contribution in [2.75, 3.05) is 12.4 Å². The number of hydrogen-bond acceptors (Lipinski definition) is 3. The summed E-state index contributed by atoms with van der Waals surface area (Å²) in [7, 11) is 1.62. The van der Waals surface area contributed by atoms with Crippen molar-refractivity contribution in [3.05, 3.63) is 78.0 Å². The molecule has 1 aromatic heterocycles. The molecular formula is C20H19N3O. The average molecular weight is 317 g/mol. The molecule has 0 bridgehead atoms. The molecule has 1 heterocycles. The van der Waals surface area contributed by atoms with Crippen LogP contribution in [0, 0.1) is 0 Å². The number of likely N-dealkylation sites (N-methyl/N-ethyl adjacent to an activating group) is 1. The van der Waals surface area contributed by atoms with Gasteiger partial charge in [0.2, 0.25) is 5.91 Å². The standard InChI is InChI=1S/C20H19N3O/c1-21-20(24)12-11-15-7-9-16(10-8-15)14-23-19-6-2-5-18-17(19)4-3-13-22-18/h2-13,23H,14H2,1H3,(H,21,24)/b12-11+. The molecule has 4 nitrogen and oxygen atoms in total. The number of benzene rings is 2. The molecule has 0 aliphatic rings. The van der Waals surface area contributed by atoms with Gasteiger partial charge in [0.15, 0.2) is 0 Å². The quantitative estimate of drug-likeness (QED) is 0.707. The summed E-state index contributed by atoms with van der Waals surface area (Å²) in [4.78, 5) is 15.6. The number of aromatic nitrogens is 1. The summed E-state index contributed by atoms with van der Waals surface area (Å²) in [6.45, 7) is 0.730. The molecule has 0 atom stereocenters. The molecule has 0 aliphatic carbocycles. The van der Waals surface area contributed by atoms with Crippen molar-refractivity contribution in [3.63, 3.8) is 0 Å². The minimum absolute atomic E-state index is 0.106. The van der Waals surface area contributed by atoms with E-state index in [0.29, 0.717) is 0 Å². The van der Waals surface area contributed by atoms with Crippen LogP contribution in [0.3, 0.4) is 0 Å². The highest BCUT2D eigenvalue weighted by Crippen LogP contribution is 2.22. The number of nitrogens with zero attached hydrogens (tertiary/aromatic N) is 1. The van der Waals surface area contributed by atoms with Gasteiger partial charge >= 0.3 is 0 Å². The smallest absolute Gasteiger partial charge is 0.243 e. The van der Waals surface area contributed by atoms with Crippen molar-refractivity contribution in [2.24, 2.45) is 0 Å². The Morgan fingerprint density at radius 2 is 1.92 bits per heavy atom. The highest BCUT2D eigenvalue weighted by molar-refractivity contribution is 5.92. The van der Waals surface area contributed by atoms with Crippen molar-refractivity contribution in [1.82, 2.24) is 10.3 Å². The van der Waals surface area contributed by atoms with E-state index >= 15 is 0 Å². The van der Waals surface area contributed by atoms with Crippen LogP contribution in [0.25, 0.3) is 17.0 Å². The lowest BCUT2D eigenvalue weighted by atomic mass is 10.1. The third-order valence-electron chi connectivity index (χ3n) is 3.78. The van der Waals surface area contributed by atoms with Crippen LogP contribution in [0.15, 0.2) is 66.9 Å². The molecule has 24 heavy (non-hydrogen) atoms. The van der Waals surface area contributed by atoms with Crippen LogP contribution in [0.4, 0.5) is 5.69 Å². The zero-order chi connectivity index (χ0) is 16.8. The van der Waals surface area contributed by atoms with E-state index in [1.807, 2.05) is 30.3 Å². The minimum Gasteiger partial charge on any atom is -0.380 e. The molecule has 3 rings (SSSR count). The lowest BCUT2D eigenvalue weighted by Gasteiger charge is -2.09. The molecule has 120 valence electrons. The van der Waals surface area contributed by atoms with Gasteiger partial charge in [0, 0.05) is 36.9 Å². The van der Waals surface area contributed by atoms with E-state index in [1.54, 1.807) is 19.3 Å². The number of carbonyl (C=O) groups excluding carboxylic acids is 1. The molecule has 0 aliphatic heterocycles. The van der Waals surface area contributed by atoms with Crippen LogP contribution in [-0.4, -0.2) is 17.9 Å². The molecule has 0 saturated heterocycles. The second-order valence-electron chi connectivity index (χ2n) is 5.42. The number of anilines is 1. The van der Waals surface area contributed by atoms with Crippen molar-refractivity contribution in [2.45, 2.75) is 6.54 Å². The van der Waals surface area contributed by atoms with Gasteiger partial charge in [-0.3, -0.25) is 9.78 Å². The number of pyridine rings is 1. The fourth-order valence-corrected chi connectivity index (χ4v) is 2.46. The first kappa shape index (κ1) is 15.7. The Morgan fingerprint density at radius 3 is 2.71 bits per heavy atom. The van der Waals surface area contributed by atoms with Crippen LogP contribution in [-0.2, 0) is 11.3 Å². The highest BCUT2D eigenvalue weighted by atomic mass is 16.1. The van der Waals surface area contributed by atoms with Crippen molar-refractivity contribution >= 4 is 28.6 Å². The van der Waals surface area contributed by atoms with Crippen LogP contribution < -0.4 is 10.6 Å². The molecule has 0 spiro atoms. The zero-order valence-electron chi connectivity index (χ0n) is 13.5. The van der Waals surface area contributed by atoms with E-state index in [0.717, 1.165) is 28.7 Å². The summed E-state index contributed by atoms with van der Waals surface area (Å²) >= 11 is 0. The van der Waals surface area contributed by atoms with E-state index < -0.39 is 0 Å². The second-order valence-corrected chi connectivity index (χ2v) is 5.42. The van der Waals surface area contributed by atoms with Gasteiger partial charge in [0.1, 0.15) is 0 Å². The number of amides is 1. The Hall–Kier alpha value is -3.14. The van der Waals surface area contributed by atoms with E-state index in [-0.39, 0.29) is 5.91 Å². The maximum atomic E-state index is 11.2. The highest BCUT2D eigenvalue weighted by Gasteiger charge is 2.01. The molecule has 4 heteroatoms. The van der Waals surface area contributed by atoms with Crippen LogP contribution >= 0.6 is 0 Å². The number of nitrogens with one attached hydrogen (secondary N) is 2. The third kappa shape index (κ3) is 3.79. The topological polar surface area (TPSA) is 54.0 Å². The predicted octanol–water partition coefficient (Wildman–Crippen LogP) is 3.61. The summed E-state index contributed by atoms with van der Waals surface area (Å²) in [5.74, 6) is -0.106. The first-order valence-corrected chi connectivity index (χ1v) is 7.82. The molecule has 3 aromatic rings. The Morgan fingerprint density at radius 1 is 1.08 bits per heavy atom. The van der Waals surface area contributed by atoms with Gasteiger partial charge in [-0.05, 0) is 41.5 Å². The summed E-state index contributed by atoms with van der Waals surface area (Å²) in [6.07, 6.45) is 5.12. The molecule has 0 fully saturated rings. The normalized spacial score (nSPS) is 10.9. The minimum atomic E-state index is -0.106. The van der Waals surface area contributed by atoms with Crippen LogP contribution in [0.1, 0.15) is 11.1 Å². The predicted molar refractivity (Wildman–Crippen MR) is 98.6 cm³/mol. The van der Waals surface area contributed by atoms with Crippen LogP contribution in [0.5, 0.6) is 0 Å². The van der Waals surface area contributed by atoms with Gasteiger partial charge in [-0.25, -0.2) is 0 Å². The number of carbonyl (C=O) groups is 1. The maximum absolute atomic E-state index is 11.2. The molecule has 0 saturated carbocycles. The molecule has 1 amide bonds. The first-order chi connectivity index (χ1) is 11.8. The summed E-state index contributed by atoms with van der Waals surface area (Å²) in [5, 5.41) is 7.14. The molecule has 0 unspecified atom stereocenters. The van der Waals surface area contributed by atoms with Gasteiger partial charge in [0.25, 0.3) is 0 Å². The average Bonchev–Trinajstić information content (AvgIpc) is 2.65. The lowest BCUT2D eigenvalue weighted by Crippen LogP contribution is -2.13. The SMILES string of the molecule is CNC(=O)/C=C/c1ccc(CNc2cccc3ncccc23)cc1. The second kappa shape index (κ2) is 7.42. The van der Waals surface area contributed by atoms with Crippen molar-refractivity contribution in [3.8, 4) is 0 Å². The molecule has 2 aromatic carbocycles.